The second-order valence-corrected chi connectivity index (χ2v) is 6.59. The number of nitrogens with one attached hydrogen (secondary N) is 2. The molecule has 1 atom stereocenters. The van der Waals surface area contributed by atoms with E-state index >= 15 is 0 Å². The number of nitriles is 2. The van der Waals surface area contributed by atoms with Crippen LogP contribution in [0.15, 0.2) is 29.3 Å². The monoisotopic (exact) mass is 389 g/mol. The highest BCUT2D eigenvalue weighted by Crippen LogP contribution is 2.40. The number of guanidine groups is 1. The van der Waals surface area contributed by atoms with Crippen molar-refractivity contribution in [3.05, 3.63) is 41.0 Å². The van der Waals surface area contributed by atoms with Crippen molar-refractivity contribution in [2.45, 2.75) is 6.04 Å². The minimum Gasteiger partial charge on any atom is -0.397 e. The van der Waals surface area contributed by atoms with Crippen LogP contribution in [0.5, 0.6) is 0 Å². The van der Waals surface area contributed by atoms with Gasteiger partial charge in [0.2, 0.25) is 5.96 Å². The maximum Gasteiger partial charge on any atom is 0.211 e. The second kappa shape index (κ2) is 7.54. The highest BCUT2D eigenvalue weighted by molar-refractivity contribution is 5.98. The fourth-order valence-corrected chi connectivity index (χ4v) is 3.51. The van der Waals surface area contributed by atoms with Gasteiger partial charge in [0, 0.05) is 24.3 Å². The minimum atomic E-state index is -0.541. The summed E-state index contributed by atoms with van der Waals surface area (Å²) in [6.45, 7) is 3.09. The van der Waals surface area contributed by atoms with E-state index in [1.807, 2.05) is 36.5 Å². The lowest BCUT2D eigenvalue weighted by Gasteiger charge is -2.29. The number of aliphatic imine (C=N–C) groups is 1. The Morgan fingerprint density at radius 2 is 1.90 bits per heavy atom. The van der Waals surface area contributed by atoms with Crippen LogP contribution in [0.2, 0.25) is 0 Å². The summed E-state index contributed by atoms with van der Waals surface area (Å²) in [5.74, 6) is 0.628. The van der Waals surface area contributed by atoms with Crippen molar-refractivity contribution in [3.63, 3.8) is 0 Å². The van der Waals surface area contributed by atoms with E-state index in [2.05, 4.69) is 25.5 Å². The molecule has 1 unspecified atom stereocenters. The molecule has 1 aromatic heterocycles. The number of aromatic nitrogens is 1. The van der Waals surface area contributed by atoms with Crippen molar-refractivity contribution in [3.8, 4) is 12.3 Å². The topological polar surface area (TPSA) is 161 Å². The highest BCUT2D eigenvalue weighted by atomic mass is 16.5. The molecule has 10 heteroatoms. The van der Waals surface area contributed by atoms with E-state index in [0.717, 1.165) is 24.3 Å². The van der Waals surface area contributed by atoms with E-state index in [1.165, 1.54) is 0 Å². The zero-order chi connectivity index (χ0) is 20.4. The number of anilines is 4. The molecule has 0 amide bonds. The largest absolute Gasteiger partial charge is 0.397 e. The van der Waals surface area contributed by atoms with Gasteiger partial charge in [0.15, 0.2) is 6.19 Å². The first-order valence-corrected chi connectivity index (χ1v) is 9.04. The quantitative estimate of drug-likeness (QED) is 0.432. The Bertz CT molecular complexity index is 1040. The molecule has 0 saturated carbocycles. The third-order valence-electron chi connectivity index (χ3n) is 4.94. The predicted molar refractivity (Wildman–Crippen MR) is 109 cm³/mol. The molecule has 0 radical (unpaired) electrons. The summed E-state index contributed by atoms with van der Waals surface area (Å²) < 4.78 is 5.40. The second-order valence-electron chi connectivity index (χ2n) is 6.59. The van der Waals surface area contributed by atoms with Crippen LogP contribution in [0, 0.1) is 22.8 Å². The molecule has 2 aliphatic rings. The van der Waals surface area contributed by atoms with Gasteiger partial charge >= 0.3 is 0 Å². The van der Waals surface area contributed by atoms with Crippen molar-refractivity contribution in [1.29, 1.82) is 10.5 Å². The van der Waals surface area contributed by atoms with Crippen molar-refractivity contribution < 1.29 is 4.74 Å². The maximum absolute atomic E-state index is 9.40. The van der Waals surface area contributed by atoms with Gasteiger partial charge < -0.3 is 26.4 Å². The first kappa shape index (κ1) is 18.3. The molecule has 0 bridgehead atoms. The zero-order valence-corrected chi connectivity index (χ0v) is 15.5. The molecule has 3 heterocycles. The van der Waals surface area contributed by atoms with E-state index < -0.39 is 6.04 Å². The number of rotatable bonds is 2. The lowest BCUT2D eigenvalue weighted by atomic mass is 9.95. The number of hydrogen-bond acceptors (Lipinski definition) is 10. The van der Waals surface area contributed by atoms with Gasteiger partial charge in [-0.1, -0.05) is 12.1 Å². The van der Waals surface area contributed by atoms with Gasteiger partial charge in [-0.15, -0.1) is 0 Å². The number of fused-ring (bicyclic) bond motifs is 1. The molecule has 29 heavy (non-hydrogen) atoms. The van der Waals surface area contributed by atoms with Gasteiger partial charge in [0.1, 0.15) is 29.3 Å². The average Bonchev–Trinajstić information content (AvgIpc) is 2.74. The molecule has 2 aromatic rings. The van der Waals surface area contributed by atoms with Crippen LogP contribution in [0.1, 0.15) is 22.7 Å². The highest BCUT2D eigenvalue weighted by Gasteiger charge is 2.29. The Morgan fingerprint density at radius 1 is 1.17 bits per heavy atom. The fraction of sp³-hybridized carbons (Fsp3) is 0.263. The Hall–Kier alpha value is -4.02. The lowest BCUT2D eigenvalue weighted by Crippen LogP contribution is -2.36. The first-order valence-electron chi connectivity index (χ1n) is 9.04. The third-order valence-corrected chi connectivity index (χ3v) is 4.94. The van der Waals surface area contributed by atoms with Crippen LogP contribution in [-0.2, 0) is 4.74 Å². The number of ether oxygens (including phenoxy) is 1. The molecule has 146 valence electrons. The predicted octanol–water partition coefficient (Wildman–Crippen LogP) is 0.896. The van der Waals surface area contributed by atoms with E-state index in [-0.39, 0.29) is 23.0 Å². The number of nitrogen functional groups attached to an aromatic ring is 2. The Kier molecular flexibility index (Phi) is 4.77. The smallest absolute Gasteiger partial charge is 0.211 e. The number of nitrogens with two attached hydrogens (primary N) is 2. The number of pyridine rings is 1. The van der Waals surface area contributed by atoms with Crippen molar-refractivity contribution in [2.75, 3.05) is 48.0 Å². The van der Waals surface area contributed by atoms with Crippen LogP contribution >= 0.6 is 0 Å². The maximum atomic E-state index is 9.40. The van der Waals surface area contributed by atoms with Gasteiger partial charge in [-0.2, -0.15) is 10.5 Å². The standard InChI is InChI=1S/C19H19N9O/c20-9-13-15(22)14-16(25-19(24-10-21)27-18(14)26-17(13)23)11-1-3-12(4-2-11)28-5-7-29-8-6-28/h1-4,16H,5-8H2,(H6,22,23,24,25,26,27). The Balaban J connectivity index is 1.76. The minimum absolute atomic E-state index is 0.0240. The van der Waals surface area contributed by atoms with E-state index in [9.17, 15) is 5.26 Å². The van der Waals surface area contributed by atoms with Gasteiger partial charge in [0.25, 0.3) is 0 Å². The van der Waals surface area contributed by atoms with Gasteiger partial charge in [-0.25, -0.2) is 9.98 Å². The van der Waals surface area contributed by atoms with Crippen molar-refractivity contribution in [2.24, 2.45) is 4.99 Å². The first-order chi connectivity index (χ1) is 14.1. The zero-order valence-electron chi connectivity index (χ0n) is 15.5. The molecule has 0 spiro atoms. The lowest BCUT2D eigenvalue weighted by molar-refractivity contribution is 0.122. The summed E-state index contributed by atoms with van der Waals surface area (Å²) in [5.41, 5.74) is 15.0. The molecule has 0 aliphatic carbocycles. The molecular weight excluding hydrogens is 370 g/mol. The normalized spacial score (nSPS) is 17.9. The van der Waals surface area contributed by atoms with Crippen LogP contribution in [0.4, 0.5) is 23.0 Å². The van der Waals surface area contributed by atoms with Gasteiger partial charge in [0.05, 0.1) is 18.9 Å². The van der Waals surface area contributed by atoms with Crippen LogP contribution in [0.3, 0.4) is 0 Å². The third kappa shape index (κ3) is 3.33. The van der Waals surface area contributed by atoms with Gasteiger partial charge in [-0.05, 0) is 17.7 Å². The Labute approximate surface area is 167 Å². The molecule has 1 fully saturated rings. The molecule has 4 rings (SSSR count). The fourth-order valence-electron chi connectivity index (χ4n) is 3.51. The van der Waals surface area contributed by atoms with E-state index in [1.54, 1.807) is 0 Å². The Morgan fingerprint density at radius 3 is 2.55 bits per heavy atom. The van der Waals surface area contributed by atoms with Crippen molar-refractivity contribution in [1.82, 2.24) is 10.3 Å². The number of morpholine rings is 1. The summed E-state index contributed by atoms with van der Waals surface area (Å²) in [4.78, 5) is 11.1. The summed E-state index contributed by atoms with van der Waals surface area (Å²) in [6.07, 6.45) is 1.84. The van der Waals surface area contributed by atoms with Crippen LogP contribution < -0.4 is 27.0 Å². The summed E-state index contributed by atoms with van der Waals surface area (Å²) >= 11 is 0. The van der Waals surface area contributed by atoms with Crippen molar-refractivity contribution >= 4 is 29.0 Å². The summed E-state index contributed by atoms with van der Waals surface area (Å²) in [5, 5.41) is 23.8. The van der Waals surface area contributed by atoms with Gasteiger partial charge in [-0.3, -0.25) is 5.32 Å². The molecule has 6 N–H and O–H groups in total. The van der Waals surface area contributed by atoms with Crippen LogP contribution in [0.25, 0.3) is 0 Å². The molecule has 2 aliphatic heterocycles. The van der Waals surface area contributed by atoms with E-state index in [4.69, 9.17) is 21.5 Å². The summed E-state index contributed by atoms with van der Waals surface area (Å²) in [7, 11) is 0. The molecule has 10 nitrogen and oxygen atoms in total. The molecular formula is C19H19N9O. The number of hydrogen-bond donors (Lipinski definition) is 4. The number of benzene rings is 1. The van der Waals surface area contributed by atoms with E-state index in [0.29, 0.717) is 24.6 Å². The summed E-state index contributed by atoms with van der Waals surface area (Å²) in [6, 6.07) is 9.41. The molecule has 1 saturated heterocycles. The van der Waals surface area contributed by atoms with Crippen LogP contribution in [-0.4, -0.2) is 37.2 Å². The average molecular weight is 389 g/mol. The SMILES string of the molecule is N#CNC1=NC(c2ccc(N3CCOCC3)cc2)c2c(nc(N)c(C#N)c2N)N1. The number of nitrogens with zero attached hydrogens (tertiary/aromatic N) is 5. The molecule has 1 aromatic carbocycles.